The second kappa shape index (κ2) is 5.14. The highest BCUT2D eigenvalue weighted by Gasteiger charge is 2.12. The molecule has 0 amide bonds. The van der Waals surface area contributed by atoms with Gasteiger partial charge in [0.2, 0.25) is 0 Å². The molecule has 0 aliphatic heterocycles. The number of anilines is 2. The highest BCUT2D eigenvalue weighted by atomic mass is 15.3. The molecule has 3 aromatic heterocycles. The number of imidazole rings is 1. The zero-order valence-electron chi connectivity index (χ0n) is 11.1. The van der Waals surface area contributed by atoms with E-state index in [0.29, 0.717) is 12.4 Å². The Labute approximate surface area is 116 Å². The van der Waals surface area contributed by atoms with E-state index in [0.717, 1.165) is 17.0 Å². The lowest BCUT2D eigenvalue weighted by Crippen LogP contribution is -2.20. The molecule has 0 fully saturated rings. The molecule has 0 bridgehead atoms. The van der Waals surface area contributed by atoms with Gasteiger partial charge in [-0.1, -0.05) is 6.07 Å². The van der Waals surface area contributed by atoms with Crippen LogP contribution in [0.4, 0.5) is 11.6 Å². The van der Waals surface area contributed by atoms with E-state index < -0.39 is 0 Å². The quantitative estimate of drug-likeness (QED) is 0.544. The summed E-state index contributed by atoms with van der Waals surface area (Å²) in [7, 11) is 1.96. The largest absolute Gasteiger partial charge is 0.352 e. The van der Waals surface area contributed by atoms with E-state index in [2.05, 4.69) is 20.4 Å². The molecular weight excluding hydrogens is 254 g/mol. The van der Waals surface area contributed by atoms with Crippen LogP contribution in [-0.2, 0) is 6.54 Å². The zero-order valence-corrected chi connectivity index (χ0v) is 11.1. The van der Waals surface area contributed by atoms with Gasteiger partial charge in [0.15, 0.2) is 17.3 Å². The Morgan fingerprint density at radius 1 is 1.40 bits per heavy atom. The number of nitrogens with one attached hydrogen (secondary N) is 1. The third-order valence-corrected chi connectivity index (χ3v) is 3.01. The normalized spacial score (nSPS) is 10.7. The Bertz CT molecular complexity index is 707. The standard InChI is InChI=1S/C13H15N7/c1-19(8-10-3-2-4-15-7-10)13-12-16-5-6-20(12)9-11(17-13)18-14/h2-7,9,18H,8,14H2,1H3. The van der Waals surface area contributed by atoms with Crippen LogP contribution >= 0.6 is 0 Å². The maximum atomic E-state index is 5.46. The maximum absolute atomic E-state index is 5.46. The van der Waals surface area contributed by atoms with Crippen molar-refractivity contribution < 1.29 is 0 Å². The van der Waals surface area contributed by atoms with Gasteiger partial charge in [-0.3, -0.25) is 4.98 Å². The minimum atomic E-state index is 0.587. The topological polar surface area (TPSA) is 84.4 Å². The van der Waals surface area contributed by atoms with Gasteiger partial charge in [0.1, 0.15) is 0 Å². The number of hydrogen-bond acceptors (Lipinski definition) is 6. The summed E-state index contributed by atoms with van der Waals surface area (Å²) in [5, 5.41) is 0. The van der Waals surface area contributed by atoms with Crippen LogP contribution in [0, 0.1) is 0 Å². The van der Waals surface area contributed by atoms with Crippen molar-refractivity contribution in [1.82, 2.24) is 19.4 Å². The van der Waals surface area contributed by atoms with Crippen LogP contribution in [0.25, 0.3) is 5.65 Å². The highest BCUT2D eigenvalue weighted by molar-refractivity contribution is 5.66. The third-order valence-electron chi connectivity index (χ3n) is 3.01. The molecule has 7 nitrogen and oxygen atoms in total. The van der Waals surface area contributed by atoms with Crippen molar-refractivity contribution in [2.75, 3.05) is 17.4 Å². The third kappa shape index (κ3) is 2.26. The number of aromatic nitrogens is 4. The predicted molar refractivity (Wildman–Crippen MR) is 77.1 cm³/mol. The second-order valence-electron chi connectivity index (χ2n) is 4.47. The Hall–Kier alpha value is -2.67. The highest BCUT2D eigenvalue weighted by Crippen LogP contribution is 2.20. The van der Waals surface area contributed by atoms with Crippen LogP contribution in [0.3, 0.4) is 0 Å². The van der Waals surface area contributed by atoms with Gasteiger partial charge >= 0.3 is 0 Å². The first kappa shape index (κ1) is 12.4. The van der Waals surface area contributed by atoms with E-state index in [1.165, 1.54) is 0 Å². The molecular formula is C13H15N7. The molecule has 20 heavy (non-hydrogen) atoms. The van der Waals surface area contributed by atoms with Gasteiger partial charge in [0.25, 0.3) is 0 Å². The number of hydrazine groups is 1. The fourth-order valence-corrected chi connectivity index (χ4v) is 2.08. The van der Waals surface area contributed by atoms with Crippen LogP contribution in [0.5, 0.6) is 0 Å². The molecule has 0 saturated heterocycles. The first-order valence-electron chi connectivity index (χ1n) is 6.18. The fraction of sp³-hybridized carbons (Fsp3) is 0.154. The molecule has 0 spiro atoms. The molecule has 0 unspecified atom stereocenters. The molecule has 0 radical (unpaired) electrons. The van der Waals surface area contributed by atoms with Crippen LogP contribution < -0.4 is 16.2 Å². The number of hydrogen-bond donors (Lipinski definition) is 2. The number of nitrogen functional groups attached to an aromatic ring is 1. The predicted octanol–water partition coefficient (Wildman–Crippen LogP) is 1.05. The molecule has 0 atom stereocenters. The van der Waals surface area contributed by atoms with Crippen molar-refractivity contribution in [1.29, 1.82) is 0 Å². The van der Waals surface area contributed by atoms with E-state index in [9.17, 15) is 0 Å². The van der Waals surface area contributed by atoms with Crippen LogP contribution in [-0.4, -0.2) is 26.4 Å². The number of nitrogens with two attached hydrogens (primary N) is 1. The van der Waals surface area contributed by atoms with Crippen molar-refractivity contribution in [3.8, 4) is 0 Å². The summed E-state index contributed by atoms with van der Waals surface area (Å²) in [5.74, 6) is 6.80. The number of nitrogens with zero attached hydrogens (tertiary/aromatic N) is 5. The van der Waals surface area contributed by atoms with E-state index >= 15 is 0 Å². The number of pyridine rings is 1. The van der Waals surface area contributed by atoms with Gasteiger partial charge < -0.3 is 14.7 Å². The monoisotopic (exact) mass is 269 g/mol. The van der Waals surface area contributed by atoms with Gasteiger partial charge in [-0.2, -0.15) is 0 Å². The molecule has 0 saturated carbocycles. The number of fused-ring (bicyclic) bond motifs is 1. The molecule has 7 heteroatoms. The Morgan fingerprint density at radius 3 is 3.05 bits per heavy atom. The maximum Gasteiger partial charge on any atom is 0.180 e. The summed E-state index contributed by atoms with van der Waals surface area (Å²) in [6.45, 7) is 0.692. The van der Waals surface area contributed by atoms with Gasteiger partial charge in [0, 0.05) is 38.4 Å². The Morgan fingerprint density at radius 2 is 2.30 bits per heavy atom. The average molecular weight is 269 g/mol. The minimum absolute atomic E-state index is 0.587. The molecule has 3 rings (SSSR count). The van der Waals surface area contributed by atoms with Crippen molar-refractivity contribution in [3.63, 3.8) is 0 Å². The van der Waals surface area contributed by atoms with E-state index in [1.54, 1.807) is 18.6 Å². The zero-order chi connectivity index (χ0) is 13.9. The second-order valence-corrected chi connectivity index (χ2v) is 4.47. The lowest BCUT2D eigenvalue weighted by atomic mass is 10.3. The van der Waals surface area contributed by atoms with Crippen LogP contribution in [0.2, 0.25) is 0 Å². The van der Waals surface area contributed by atoms with Crippen molar-refractivity contribution in [3.05, 3.63) is 48.7 Å². The van der Waals surface area contributed by atoms with Crippen LogP contribution in [0.1, 0.15) is 5.56 Å². The van der Waals surface area contributed by atoms with E-state index in [-0.39, 0.29) is 0 Å². The molecule has 0 aliphatic rings. The lowest BCUT2D eigenvalue weighted by molar-refractivity contribution is 0.886. The Balaban J connectivity index is 1.98. The van der Waals surface area contributed by atoms with Crippen LogP contribution in [0.15, 0.2) is 43.1 Å². The molecule has 0 aliphatic carbocycles. The van der Waals surface area contributed by atoms with Gasteiger partial charge in [-0.05, 0) is 11.6 Å². The smallest absolute Gasteiger partial charge is 0.180 e. The van der Waals surface area contributed by atoms with Gasteiger partial charge in [0.05, 0.1) is 6.20 Å². The molecule has 3 aromatic rings. The van der Waals surface area contributed by atoms with Crippen molar-refractivity contribution in [2.45, 2.75) is 6.54 Å². The van der Waals surface area contributed by atoms with Gasteiger partial charge in [-0.15, -0.1) is 0 Å². The summed E-state index contributed by atoms with van der Waals surface area (Å²) in [5.41, 5.74) is 4.46. The summed E-state index contributed by atoms with van der Waals surface area (Å²) in [6.07, 6.45) is 8.99. The van der Waals surface area contributed by atoms with E-state index in [4.69, 9.17) is 5.84 Å². The SMILES string of the molecule is CN(Cc1cccnc1)c1nc(NN)cn2ccnc12. The fourth-order valence-electron chi connectivity index (χ4n) is 2.08. The summed E-state index contributed by atoms with van der Waals surface area (Å²) >= 11 is 0. The minimum Gasteiger partial charge on any atom is -0.352 e. The van der Waals surface area contributed by atoms with Crippen molar-refractivity contribution in [2.24, 2.45) is 5.84 Å². The number of rotatable bonds is 4. The molecule has 3 N–H and O–H groups in total. The first-order valence-corrected chi connectivity index (χ1v) is 6.18. The molecule has 102 valence electrons. The summed E-state index contributed by atoms with van der Waals surface area (Å²) in [6, 6.07) is 3.94. The Kier molecular flexibility index (Phi) is 3.18. The molecule has 3 heterocycles. The summed E-state index contributed by atoms with van der Waals surface area (Å²) in [4.78, 5) is 14.9. The van der Waals surface area contributed by atoms with E-state index in [1.807, 2.05) is 40.9 Å². The van der Waals surface area contributed by atoms with Crippen molar-refractivity contribution >= 4 is 17.3 Å². The first-order chi connectivity index (χ1) is 9.78. The molecule has 0 aromatic carbocycles. The summed E-state index contributed by atoms with van der Waals surface area (Å²) < 4.78 is 1.89. The van der Waals surface area contributed by atoms with Gasteiger partial charge in [-0.25, -0.2) is 15.8 Å². The average Bonchev–Trinajstić information content (AvgIpc) is 2.95. The lowest BCUT2D eigenvalue weighted by Gasteiger charge is -2.19.